The van der Waals surface area contributed by atoms with E-state index in [1.54, 1.807) is 6.92 Å². The van der Waals surface area contributed by atoms with Crippen LogP contribution >= 0.6 is 0 Å². The molecule has 0 saturated carbocycles. The highest BCUT2D eigenvalue weighted by atomic mass is 16.5. The first kappa shape index (κ1) is 16.2. The SMILES string of the molecule is C=CC(=O)Oc1cc(C(=O)O)c(N)c(C(=O)O)c1CCC. The van der Waals surface area contributed by atoms with Crippen molar-refractivity contribution in [2.75, 3.05) is 5.73 Å². The van der Waals surface area contributed by atoms with Crippen molar-refractivity contribution in [3.63, 3.8) is 0 Å². The summed E-state index contributed by atoms with van der Waals surface area (Å²) in [5, 5.41) is 18.3. The quantitative estimate of drug-likeness (QED) is 0.315. The van der Waals surface area contributed by atoms with Crippen molar-refractivity contribution in [1.29, 1.82) is 0 Å². The predicted octanol–water partition coefficient (Wildman–Crippen LogP) is 1.71. The fourth-order valence-corrected chi connectivity index (χ4v) is 1.88. The standard InChI is InChI=1S/C14H15NO6/c1-3-5-7-9(21-10(16)4-2)6-8(13(17)18)12(15)11(7)14(19)20/h4,6H,2-3,5,15H2,1H3,(H,17,18)(H,19,20). The highest BCUT2D eigenvalue weighted by molar-refractivity contribution is 6.04. The fourth-order valence-electron chi connectivity index (χ4n) is 1.88. The minimum Gasteiger partial charge on any atom is -0.478 e. The molecule has 1 aromatic rings. The Morgan fingerprint density at radius 3 is 2.38 bits per heavy atom. The first-order chi connectivity index (χ1) is 9.83. The zero-order chi connectivity index (χ0) is 16.2. The molecule has 0 aromatic heterocycles. The third kappa shape index (κ3) is 3.38. The van der Waals surface area contributed by atoms with Gasteiger partial charge < -0.3 is 20.7 Å². The maximum atomic E-state index is 11.4. The van der Waals surface area contributed by atoms with Gasteiger partial charge in [-0.3, -0.25) is 0 Å². The second-order valence-electron chi connectivity index (χ2n) is 4.18. The molecular formula is C14H15NO6. The molecule has 0 spiro atoms. The number of nitrogens with two attached hydrogens (primary N) is 1. The Morgan fingerprint density at radius 2 is 1.95 bits per heavy atom. The molecule has 1 rings (SSSR count). The van der Waals surface area contributed by atoms with Gasteiger partial charge in [-0.05, 0) is 12.5 Å². The molecule has 0 heterocycles. The van der Waals surface area contributed by atoms with E-state index in [0.29, 0.717) is 6.42 Å². The van der Waals surface area contributed by atoms with Crippen LogP contribution in [-0.2, 0) is 11.2 Å². The van der Waals surface area contributed by atoms with E-state index in [0.717, 1.165) is 12.1 Å². The normalized spacial score (nSPS) is 9.95. The van der Waals surface area contributed by atoms with Crippen molar-refractivity contribution < 1.29 is 29.3 Å². The molecule has 0 aliphatic carbocycles. The number of aromatic carboxylic acids is 2. The van der Waals surface area contributed by atoms with Crippen LogP contribution in [0.25, 0.3) is 0 Å². The van der Waals surface area contributed by atoms with Crippen LogP contribution in [-0.4, -0.2) is 28.1 Å². The molecule has 0 saturated heterocycles. The van der Waals surface area contributed by atoms with E-state index in [1.807, 2.05) is 0 Å². The maximum Gasteiger partial charge on any atom is 0.338 e. The largest absolute Gasteiger partial charge is 0.478 e. The number of carboxylic acids is 2. The summed E-state index contributed by atoms with van der Waals surface area (Å²) in [6.07, 6.45) is 1.73. The molecule has 0 unspecified atom stereocenters. The molecule has 1 aromatic carbocycles. The zero-order valence-electron chi connectivity index (χ0n) is 11.4. The van der Waals surface area contributed by atoms with Gasteiger partial charge in [-0.15, -0.1) is 0 Å². The second-order valence-corrected chi connectivity index (χ2v) is 4.18. The molecule has 21 heavy (non-hydrogen) atoms. The predicted molar refractivity (Wildman–Crippen MR) is 74.6 cm³/mol. The molecule has 0 atom stereocenters. The molecular weight excluding hydrogens is 278 g/mol. The minimum atomic E-state index is -1.41. The van der Waals surface area contributed by atoms with E-state index in [-0.39, 0.29) is 29.0 Å². The monoisotopic (exact) mass is 293 g/mol. The third-order valence-electron chi connectivity index (χ3n) is 2.76. The Labute approximate surface area is 120 Å². The number of carboxylic acid groups (broad SMARTS) is 2. The van der Waals surface area contributed by atoms with Crippen LogP contribution < -0.4 is 10.5 Å². The lowest BCUT2D eigenvalue weighted by Crippen LogP contribution is -2.16. The van der Waals surface area contributed by atoms with Crippen LogP contribution in [0.15, 0.2) is 18.7 Å². The number of ether oxygens (including phenoxy) is 1. The van der Waals surface area contributed by atoms with E-state index < -0.39 is 23.5 Å². The van der Waals surface area contributed by atoms with Crippen molar-refractivity contribution in [3.8, 4) is 5.75 Å². The first-order valence-corrected chi connectivity index (χ1v) is 6.09. The van der Waals surface area contributed by atoms with Gasteiger partial charge in [0, 0.05) is 11.6 Å². The summed E-state index contributed by atoms with van der Waals surface area (Å²) >= 11 is 0. The van der Waals surface area contributed by atoms with Crippen LogP contribution in [0.3, 0.4) is 0 Å². The first-order valence-electron chi connectivity index (χ1n) is 6.09. The van der Waals surface area contributed by atoms with Gasteiger partial charge in [0.05, 0.1) is 16.8 Å². The van der Waals surface area contributed by atoms with E-state index >= 15 is 0 Å². The molecule has 7 nitrogen and oxygen atoms in total. The number of hydrogen-bond acceptors (Lipinski definition) is 5. The van der Waals surface area contributed by atoms with E-state index in [4.69, 9.17) is 15.6 Å². The van der Waals surface area contributed by atoms with Crippen molar-refractivity contribution in [2.24, 2.45) is 0 Å². The summed E-state index contributed by atoms with van der Waals surface area (Å²) in [5.41, 5.74) is 4.66. The summed E-state index contributed by atoms with van der Waals surface area (Å²) in [5.74, 6) is -3.74. The lowest BCUT2D eigenvalue weighted by molar-refractivity contribution is -0.129. The summed E-state index contributed by atoms with van der Waals surface area (Å²) in [7, 11) is 0. The van der Waals surface area contributed by atoms with Gasteiger partial charge in [0.25, 0.3) is 0 Å². The maximum absolute atomic E-state index is 11.4. The number of hydrogen-bond donors (Lipinski definition) is 3. The van der Waals surface area contributed by atoms with Gasteiger partial charge in [0.15, 0.2) is 0 Å². The Kier molecular flexibility index (Phi) is 5.06. The number of benzene rings is 1. The summed E-state index contributed by atoms with van der Waals surface area (Å²) in [4.78, 5) is 33.8. The Balaban J connectivity index is 3.65. The van der Waals surface area contributed by atoms with E-state index in [2.05, 4.69) is 6.58 Å². The highest BCUT2D eigenvalue weighted by Crippen LogP contribution is 2.32. The molecule has 0 aliphatic rings. The van der Waals surface area contributed by atoms with Crippen LogP contribution in [0.4, 0.5) is 5.69 Å². The van der Waals surface area contributed by atoms with Crippen LogP contribution in [0.5, 0.6) is 5.75 Å². The molecule has 7 heteroatoms. The number of carbonyl (C=O) groups excluding carboxylic acids is 1. The Bertz CT molecular complexity index is 620. The molecule has 112 valence electrons. The average molecular weight is 293 g/mol. The molecule has 0 fully saturated rings. The second kappa shape index (κ2) is 6.56. The Hall–Kier alpha value is -2.83. The number of esters is 1. The van der Waals surface area contributed by atoms with E-state index in [9.17, 15) is 19.5 Å². The highest BCUT2D eigenvalue weighted by Gasteiger charge is 2.25. The van der Waals surface area contributed by atoms with Crippen molar-refractivity contribution in [2.45, 2.75) is 19.8 Å². The van der Waals surface area contributed by atoms with Crippen LogP contribution in [0, 0.1) is 0 Å². The number of nitrogen functional groups attached to an aromatic ring is 1. The summed E-state index contributed by atoms with van der Waals surface area (Å²) < 4.78 is 4.94. The van der Waals surface area contributed by atoms with Gasteiger partial charge in [-0.2, -0.15) is 0 Å². The molecule has 0 aliphatic heterocycles. The molecule has 0 radical (unpaired) electrons. The van der Waals surface area contributed by atoms with Gasteiger partial charge in [0.1, 0.15) is 5.75 Å². The molecule has 0 amide bonds. The lowest BCUT2D eigenvalue weighted by atomic mass is 9.96. The van der Waals surface area contributed by atoms with E-state index in [1.165, 1.54) is 0 Å². The summed E-state index contributed by atoms with van der Waals surface area (Å²) in [6.45, 7) is 5.03. The zero-order valence-corrected chi connectivity index (χ0v) is 11.4. The number of rotatable bonds is 6. The minimum absolute atomic E-state index is 0.134. The van der Waals surface area contributed by atoms with Crippen molar-refractivity contribution >= 4 is 23.6 Å². The average Bonchev–Trinajstić information content (AvgIpc) is 2.40. The van der Waals surface area contributed by atoms with Gasteiger partial charge in [-0.25, -0.2) is 14.4 Å². The summed E-state index contributed by atoms with van der Waals surface area (Å²) in [6, 6.07) is 1.05. The van der Waals surface area contributed by atoms with Gasteiger partial charge >= 0.3 is 17.9 Å². The van der Waals surface area contributed by atoms with Gasteiger partial charge in [0.2, 0.25) is 0 Å². The Morgan fingerprint density at radius 1 is 1.33 bits per heavy atom. The number of carbonyl (C=O) groups is 3. The number of anilines is 1. The smallest absolute Gasteiger partial charge is 0.338 e. The van der Waals surface area contributed by atoms with Gasteiger partial charge in [-0.1, -0.05) is 19.9 Å². The van der Waals surface area contributed by atoms with Crippen molar-refractivity contribution in [1.82, 2.24) is 0 Å². The molecule has 0 bridgehead atoms. The lowest BCUT2D eigenvalue weighted by Gasteiger charge is -2.15. The van der Waals surface area contributed by atoms with Crippen molar-refractivity contribution in [3.05, 3.63) is 35.4 Å². The third-order valence-corrected chi connectivity index (χ3v) is 2.76. The van der Waals surface area contributed by atoms with Crippen LogP contribution in [0.1, 0.15) is 39.6 Å². The topological polar surface area (TPSA) is 127 Å². The van der Waals surface area contributed by atoms with Crippen LogP contribution in [0.2, 0.25) is 0 Å². The molecule has 4 N–H and O–H groups in total. The fraction of sp³-hybridized carbons (Fsp3) is 0.214.